The van der Waals surface area contributed by atoms with Crippen LogP contribution in [0.5, 0.6) is 0 Å². The van der Waals surface area contributed by atoms with Crippen LogP contribution in [0.1, 0.15) is 5.56 Å². The number of carbonyl (C=O) groups is 1. The monoisotopic (exact) mass is 378 g/mol. The Bertz CT molecular complexity index is 1340. The standard InChI is InChI=1S/C19H11FN4O2S/c1-23-13-5-3-2-4-12(13)14(17(23)25)15-18(26)24-19(27-15)21-16(22-24)10-6-8-11(20)9-7-10/h2-9H,1H3/b15-14-. The third-order valence-electron chi connectivity index (χ3n) is 4.54. The largest absolute Gasteiger partial charge is 0.311 e. The minimum atomic E-state index is -0.385. The van der Waals surface area contributed by atoms with Gasteiger partial charge in [0.05, 0.1) is 11.3 Å². The van der Waals surface area contributed by atoms with Crippen LogP contribution in [0.4, 0.5) is 10.1 Å². The summed E-state index contributed by atoms with van der Waals surface area (Å²) in [7, 11) is 1.68. The van der Waals surface area contributed by atoms with Gasteiger partial charge in [-0.15, -0.1) is 5.10 Å². The van der Waals surface area contributed by atoms with Crippen LogP contribution in [-0.4, -0.2) is 27.6 Å². The molecule has 1 aliphatic heterocycles. The summed E-state index contributed by atoms with van der Waals surface area (Å²) >= 11 is 1.13. The van der Waals surface area contributed by atoms with E-state index in [1.54, 1.807) is 19.2 Å². The quantitative estimate of drug-likeness (QED) is 0.507. The van der Waals surface area contributed by atoms with Gasteiger partial charge in [-0.2, -0.15) is 9.50 Å². The van der Waals surface area contributed by atoms with Crippen molar-refractivity contribution >= 4 is 33.5 Å². The van der Waals surface area contributed by atoms with Gasteiger partial charge in [-0.25, -0.2) is 4.39 Å². The first kappa shape index (κ1) is 15.8. The lowest BCUT2D eigenvalue weighted by Crippen LogP contribution is -2.30. The molecule has 0 saturated heterocycles. The predicted octanol–water partition coefficient (Wildman–Crippen LogP) is 1.85. The van der Waals surface area contributed by atoms with E-state index in [1.165, 1.54) is 21.5 Å². The summed E-state index contributed by atoms with van der Waals surface area (Å²) in [6.07, 6.45) is 0. The van der Waals surface area contributed by atoms with E-state index in [1.807, 2.05) is 24.3 Å². The third kappa shape index (κ3) is 2.23. The summed E-state index contributed by atoms with van der Waals surface area (Å²) in [5.41, 5.74) is 2.10. The highest BCUT2D eigenvalue weighted by Crippen LogP contribution is 2.33. The van der Waals surface area contributed by atoms with E-state index >= 15 is 0 Å². The fourth-order valence-corrected chi connectivity index (χ4v) is 4.19. The molecule has 0 fully saturated rings. The van der Waals surface area contributed by atoms with Crippen molar-refractivity contribution in [2.75, 3.05) is 11.9 Å². The van der Waals surface area contributed by atoms with Gasteiger partial charge < -0.3 is 4.90 Å². The molecule has 0 unspecified atom stereocenters. The molecule has 1 amide bonds. The predicted molar refractivity (Wildman–Crippen MR) is 100 cm³/mol. The Morgan fingerprint density at radius 1 is 1.04 bits per heavy atom. The Morgan fingerprint density at radius 3 is 2.52 bits per heavy atom. The average molecular weight is 378 g/mol. The Hall–Kier alpha value is -3.39. The second kappa shape index (κ2) is 5.55. The van der Waals surface area contributed by atoms with Crippen molar-refractivity contribution in [3.8, 4) is 11.4 Å². The maximum atomic E-state index is 13.1. The zero-order valence-electron chi connectivity index (χ0n) is 14.0. The topological polar surface area (TPSA) is 67.6 Å². The Labute approximate surface area is 155 Å². The molecule has 0 atom stereocenters. The second-order valence-electron chi connectivity index (χ2n) is 6.13. The molecule has 5 rings (SSSR count). The van der Waals surface area contributed by atoms with Crippen molar-refractivity contribution in [2.45, 2.75) is 0 Å². The summed E-state index contributed by atoms with van der Waals surface area (Å²) in [6, 6.07) is 13.1. The SMILES string of the molecule is CN1C(=O)/C(=c2\sc3nc(-c4ccc(F)cc4)nn3c2=O)c2ccccc21. The molecule has 0 radical (unpaired) electrons. The highest BCUT2D eigenvalue weighted by atomic mass is 32.1. The number of hydrogen-bond acceptors (Lipinski definition) is 5. The lowest BCUT2D eigenvalue weighted by molar-refractivity contribution is -0.112. The summed E-state index contributed by atoms with van der Waals surface area (Å²) in [4.78, 5) is 31.9. The van der Waals surface area contributed by atoms with Crippen LogP contribution in [0.3, 0.4) is 0 Å². The van der Waals surface area contributed by atoms with Gasteiger partial charge in [0.1, 0.15) is 10.3 Å². The first-order valence-corrected chi connectivity index (χ1v) is 8.93. The number of carbonyl (C=O) groups excluding carboxylic acids is 1. The molecular formula is C19H11FN4O2S. The van der Waals surface area contributed by atoms with Crippen molar-refractivity contribution in [3.05, 3.63) is 74.8 Å². The van der Waals surface area contributed by atoms with Gasteiger partial charge in [0, 0.05) is 18.2 Å². The molecular weight excluding hydrogens is 367 g/mol. The molecule has 3 heterocycles. The van der Waals surface area contributed by atoms with E-state index in [9.17, 15) is 14.0 Å². The fraction of sp³-hybridized carbons (Fsp3) is 0.0526. The van der Waals surface area contributed by atoms with Gasteiger partial charge >= 0.3 is 0 Å². The van der Waals surface area contributed by atoms with Gasteiger partial charge in [0.15, 0.2) is 5.82 Å². The van der Waals surface area contributed by atoms with E-state index in [-0.39, 0.29) is 17.3 Å². The lowest BCUT2D eigenvalue weighted by Gasteiger charge is -2.07. The van der Waals surface area contributed by atoms with E-state index in [4.69, 9.17) is 0 Å². The molecule has 0 spiro atoms. The number of fused-ring (bicyclic) bond motifs is 2. The Balaban J connectivity index is 1.75. The smallest absolute Gasteiger partial charge is 0.291 e. The zero-order chi connectivity index (χ0) is 18.7. The molecule has 0 aliphatic carbocycles. The number of rotatable bonds is 1. The van der Waals surface area contributed by atoms with Crippen LogP contribution in [0.15, 0.2) is 53.3 Å². The number of anilines is 1. The van der Waals surface area contributed by atoms with Crippen LogP contribution in [-0.2, 0) is 4.79 Å². The van der Waals surface area contributed by atoms with E-state index in [2.05, 4.69) is 10.1 Å². The zero-order valence-corrected chi connectivity index (χ0v) is 14.8. The number of aromatic nitrogens is 3. The van der Waals surface area contributed by atoms with Crippen LogP contribution in [0.25, 0.3) is 21.9 Å². The van der Waals surface area contributed by atoms with Crippen molar-refractivity contribution in [1.82, 2.24) is 14.6 Å². The molecule has 27 heavy (non-hydrogen) atoms. The number of halogens is 1. The molecule has 8 heteroatoms. The molecule has 2 aromatic carbocycles. The minimum absolute atomic E-state index is 0.225. The van der Waals surface area contributed by atoms with Crippen LogP contribution < -0.4 is 15.0 Å². The van der Waals surface area contributed by atoms with Crippen molar-refractivity contribution in [3.63, 3.8) is 0 Å². The normalized spacial score (nSPS) is 15.6. The molecule has 2 aromatic heterocycles. The second-order valence-corrected chi connectivity index (χ2v) is 7.11. The number of thiazole rings is 1. The fourth-order valence-electron chi connectivity index (χ4n) is 3.20. The van der Waals surface area contributed by atoms with Crippen LogP contribution in [0.2, 0.25) is 0 Å². The maximum absolute atomic E-state index is 13.1. The minimum Gasteiger partial charge on any atom is -0.311 e. The number of likely N-dealkylation sites (N-methyl/N-ethyl adjacent to an activating group) is 1. The highest BCUT2D eigenvalue weighted by Gasteiger charge is 2.31. The molecule has 0 N–H and O–H groups in total. The highest BCUT2D eigenvalue weighted by molar-refractivity contribution is 7.15. The van der Waals surface area contributed by atoms with Gasteiger partial charge in [0.25, 0.3) is 11.5 Å². The molecule has 0 bridgehead atoms. The van der Waals surface area contributed by atoms with E-state index in [0.29, 0.717) is 26.5 Å². The third-order valence-corrected chi connectivity index (χ3v) is 5.57. The summed E-state index contributed by atoms with van der Waals surface area (Å²) in [5.74, 6) is -0.243. The molecule has 6 nitrogen and oxygen atoms in total. The first-order chi connectivity index (χ1) is 13.0. The number of para-hydroxylation sites is 1. The summed E-state index contributed by atoms with van der Waals surface area (Å²) < 4.78 is 14.6. The molecule has 132 valence electrons. The van der Waals surface area contributed by atoms with Crippen molar-refractivity contribution in [2.24, 2.45) is 0 Å². The maximum Gasteiger partial charge on any atom is 0.291 e. The lowest BCUT2D eigenvalue weighted by atomic mass is 10.1. The Kier molecular flexibility index (Phi) is 3.26. The Morgan fingerprint density at radius 2 is 1.78 bits per heavy atom. The number of hydrogen-bond donors (Lipinski definition) is 0. The van der Waals surface area contributed by atoms with Gasteiger partial charge in [-0.05, 0) is 30.3 Å². The first-order valence-electron chi connectivity index (χ1n) is 8.12. The van der Waals surface area contributed by atoms with Crippen molar-refractivity contribution in [1.29, 1.82) is 0 Å². The summed E-state index contributed by atoms with van der Waals surface area (Å²) in [5, 5.41) is 4.25. The summed E-state index contributed by atoms with van der Waals surface area (Å²) in [6.45, 7) is 0. The molecule has 0 saturated carbocycles. The van der Waals surface area contributed by atoms with Crippen LogP contribution >= 0.6 is 11.3 Å². The van der Waals surface area contributed by atoms with Gasteiger partial charge in [0.2, 0.25) is 4.96 Å². The average Bonchev–Trinajstić information content (AvgIpc) is 3.29. The number of amides is 1. The molecule has 1 aliphatic rings. The van der Waals surface area contributed by atoms with Crippen molar-refractivity contribution < 1.29 is 9.18 Å². The van der Waals surface area contributed by atoms with Crippen LogP contribution in [0, 0.1) is 5.82 Å². The van der Waals surface area contributed by atoms with E-state index in [0.717, 1.165) is 22.6 Å². The number of nitrogens with zero attached hydrogens (tertiary/aromatic N) is 4. The molecule has 4 aromatic rings. The van der Waals surface area contributed by atoms with Gasteiger partial charge in [-0.3, -0.25) is 9.59 Å². The van der Waals surface area contributed by atoms with E-state index < -0.39 is 0 Å². The number of benzene rings is 2. The van der Waals surface area contributed by atoms with Gasteiger partial charge in [-0.1, -0.05) is 29.5 Å².